The molecule has 0 fully saturated rings. The number of halogens is 8. The molecule has 230 valence electrons. The van der Waals surface area contributed by atoms with Crippen LogP contribution in [0.1, 0.15) is 16.2 Å². The highest BCUT2D eigenvalue weighted by Crippen LogP contribution is 2.26. The molecule has 1 amide bonds. The molecule has 0 saturated heterocycles. The van der Waals surface area contributed by atoms with E-state index in [1.54, 1.807) is 0 Å². The average molecular weight is 653 g/mol. The van der Waals surface area contributed by atoms with Crippen molar-refractivity contribution in [3.05, 3.63) is 80.7 Å². The lowest BCUT2D eigenvalue weighted by atomic mass is 10.1. The number of carbonyl (C=O) groups excluding carboxylic acids is 1. The van der Waals surface area contributed by atoms with E-state index in [1.165, 1.54) is 42.5 Å². The van der Waals surface area contributed by atoms with E-state index in [-0.39, 0.29) is 33.5 Å². The number of nitrogens with two attached hydrogens (primary N) is 1. The normalized spacial score (nSPS) is 13.6. The van der Waals surface area contributed by atoms with Gasteiger partial charge in [-0.2, -0.15) is 26.3 Å². The smallest absolute Gasteiger partial charge is 0.382 e. The van der Waals surface area contributed by atoms with Crippen LogP contribution >= 0.6 is 23.2 Å². The molecule has 0 aliphatic rings. The van der Waals surface area contributed by atoms with Gasteiger partial charge in [0.2, 0.25) is 0 Å². The fourth-order valence-electron chi connectivity index (χ4n) is 3.75. The maximum atomic E-state index is 13.1. The molecule has 2 heterocycles. The predicted molar refractivity (Wildman–Crippen MR) is 141 cm³/mol. The Hall–Kier alpha value is -3.93. The van der Waals surface area contributed by atoms with Gasteiger partial charge in [0.05, 0.1) is 22.8 Å². The number of para-hydroxylation sites is 1. The van der Waals surface area contributed by atoms with Crippen LogP contribution in [-0.4, -0.2) is 71.2 Å². The Balaban J connectivity index is 1.65. The van der Waals surface area contributed by atoms with E-state index in [1.807, 2.05) is 0 Å². The fraction of sp³-hybridized carbons (Fsp3) is 0.292. The SMILES string of the molecule is NC(CNC(=O)c1cccc(Cl)c1-n1cnc(Cn2nc(-c3ccc(Cl)cc3)n(CC(O)C(F)(F)F)c2=O)n1)C(F)(F)F. The second-order valence-electron chi connectivity index (χ2n) is 9.04. The van der Waals surface area contributed by atoms with Crippen molar-refractivity contribution in [3.63, 3.8) is 0 Å². The fourth-order valence-corrected chi connectivity index (χ4v) is 4.14. The van der Waals surface area contributed by atoms with Gasteiger partial charge in [0.1, 0.15) is 18.9 Å². The van der Waals surface area contributed by atoms with E-state index in [0.29, 0.717) is 9.59 Å². The van der Waals surface area contributed by atoms with Gasteiger partial charge in [-0.3, -0.25) is 9.36 Å². The number of hydrogen-bond acceptors (Lipinski definition) is 7. The summed E-state index contributed by atoms with van der Waals surface area (Å²) in [7, 11) is 0. The maximum Gasteiger partial charge on any atom is 0.416 e. The van der Waals surface area contributed by atoms with E-state index in [0.717, 1.165) is 15.7 Å². The van der Waals surface area contributed by atoms with Gasteiger partial charge < -0.3 is 16.2 Å². The van der Waals surface area contributed by atoms with Crippen LogP contribution in [0, 0.1) is 0 Å². The second kappa shape index (κ2) is 12.4. The molecule has 0 bridgehead atoms. The summed E-state index contributed by atoms with van der Waals surface area (Å²) in [6.07, 6.45) is -11.5. The first-order valence-corrected chi connectivity index (χ1v) is 12.8. The first-order valence-electron chi connectivity index (χ1n) is 12.0. The van der Waals surface area contributed by atoms with Crippen molar-refractivity contribution >= 4 is 29.1 Å². The maximum absolute atomic E-state index is 13.1. The van der Waals surface area contributed by atoms with Crippen molar-refractivity contribution in [1.29, 1.82) is 0 Å². The largest absolute Gasteiger partial charge is 0.416 e. The molecule has 4 aromatic rings. The molecule has 0 saturated carbocycles. The Morgan fingerprint density at radius 2 is 1.70 bits per heavy atom. The first kappa shape index (κ1) is 32.0. The van der Waals surface area contributed by atoms with Crippen LogP contribution in [0.15, 0.2) is 53.6 Å². The summed E-state index contributed by atoms with van der Waals surface area (Å²) < 4.78 is 80.0. The first-order chi connectivity index (χ1) is 20.1. The van der Waals surface area contributed by atoms with Crippen LogP contribution in [-0.2, 0) is 13.1 Å². The molecule has 2 aromatic carbocycles. The number of benzene rings is 2. The summed E-state index contributed by atoms with van der Waals surface area (Å²) in [6, 6.07) is 7.42. The number of amides is 1. The predicted octanol–water partition coefficient (Wildman–Crippen LogP) is 3.19. The van der Waals surface area contributed by atoms with Crippen molar-refractivity contribution in [2.45, 2.75) is 37.6 Å². The third kappa shape index (κ3) is 7.35. The van der Waals surface area contributed by atoms with E-state index in [4.69, 9.17) is 28.9 Å². The molecule has 11 nitrogen and oxygen atoms in total. The van der Waals surface area contributed by atoms with Crippen LogP contribution in [0.4, 0.5) is 26.3 Å². The quantitative estimate of drug-likeness (QED) is 0.235. The van der Waals surface area contributed by atoms with Gasteiger partial charge in [0.25, 0.3) is 5.91 Å². The number of aromatic nitrogens is 6. The molecular weight excluding hydrogens is 633 g/mol. The number of aliphatic hydroxyl groups is 1. The highest BCUT2D eigenvalue weighted by atomic mass is 35.5. The Kier molecular flexibility index (Phi) is 9.19. The molecule has 0 radical (unpaired) electrons. The van der Waals surface area contributed by atoms with E-state index in [2.05, 4.69) is 20.5 Å². The molecule has 4 N–H and O–H groups in total. The summed E-state index contributed by atoms with van der Waals surface area (Å²) in [5, 5.41) is 20.3. The minimum Gasteiger partial charge on any atom is -0.382 e. The lowest BCUT2D eigenvalue weighted by Crippen LogP contribution is -2.46. The van der Waals surface area contributed by atoms with Crippen molar-refractivity contribution < 1.29 is 36.2 Å². The van der Waals surface area contributed by atoms with Crippen LogP contribution in [0.3, 0.4) is 0 Å². The number of rotatable bonds is 9. The van der Waals surface area contributed by atoms with Crippen molar-refractivity contribution in [2.24, 2.45) is 5.73 Å². The van der Waals surface area contributed by atoms with Gasteiger partial charge in [-0.05, 0) is 36.4 Å². The average Bonchev–Trinajstić information content (AvgIpc) is 3.51. The number of hydrogen-bond donors (Lipinski definition) is 3. The molecule has 4 rings (SSSR count). The van der Waals surface area contributed by atoms with Crippen molar-refractivity contribution in [3.8, 4) is 17.1 Å². The number of nitrogens with zero attached hydrogens (tertiary/aromatic N) is 6. The highest BCUT2D eigenvalue weighted by molar-refractivity contribution is 6.33. The lowest BCUT2D eigenvalue weighted by Gasteiger charge is -2.17. The Morgan fingerprint density at radius 3 is 2.33 bits per heavy atom. The lowest BCUT2D eigenvalue weighted by molar-refractivity contribution is -0.207. The van der Waals surface area contributed by atoms with Crippen LogP contribution in [0.25, 0.3) is 17.1 Å². The van der Waals surface area contributed by atoms with Crippen LogP contribution < -0.4 is 16.7 Å². The van der Waals surface area contributed by atoms with Gasteiger partial charge in [-0.25, -0.2) is 19.1 Å². The zero-order chi connectivity index (χ0) is 31.7. The van der Waals surface area contributed by atoms with Crippen LogP contribution in [0.2, 0.25) is 10.0 Å². The third-order valence-corrected chi connectivity index (χ3v) is 6.51. The monoisotopic (exact) mass is 652 g/mol. The molecule has 19 heteroatoms. The Bertz CT molecular complexity index is 1670. The standard InChI is InChI=1S/C24H20Cl2F6N8O3/c25-13-6-4-12(5-7-13)20-37-39(22(43)38(20)9-17(41)24(30,31)32)10-18-35-11-40(36-18)19-14(2-1-3-15(19)26)21(42)34-8-16(33)23(27,28)29/h1-7,11,16-17,41H,8-10,33H2,(H,34,42). The highest BCUT2D eigenvalue weighted by Gasteiger charge is 2.39. The Labute approximate surface area is 247 Å². The Morgan fingerprint density at radius 1 is 1.02 bits per heavy atom. The molecule has 43 heavy (non-hydrogen) atoms. The van der Waals surface area contributed by atoms with E-state index < -0.39 is 55.7 Å². The molecule has 0 aliphatic heterocycles. The van der Waals surface area contributed by atoms with Gasteiger partial charge >= 0.3 is 18.0 Å². The second-order valence-corrected chi connectivity index (χ2v) is 9.88. The van der Waals surface area contributed by atoms with Gasteiger partial charge in [0, 0.05) is 17.1 Å². The summed E-state index contributed by atoms with van der Waals surface area (Å²) in [4.78, 5) is 29.8. The minimum absolute atomic E-state index is 0.0307. The molecule has 2 unspecified atom stereocenters. The summed E-state index contributed by atoms with van der Waals surface area (Å²) >= 11 is 12.1. The van der Waals surface area contributed by atoms with Gasteiger partial charge in [-0.1, -0.05) is 29.3 Å². The molecule has 0 spiro atoms. The molecular formula is C24H20Cl2F6N8O3. The minimum atomic E-state index is -5.02. The number of aliphatic hydroxyl groups excluding tert-OH is 1. The van der Waals surface area contributed by atoms with Crippen molar-refractivity contribution in [2.75, 3.05) is 6.54 Å². The number of alkyl halides is 6. The van der Waals surface area contributed by atoms with E-state index in [9.17, 15) is 41.0 Å². The summed E-state index contributed by atoms with van der Waals surface area (Å²) in [5.41, 5.74) is 4.01. The number of carbonyl (C=O) groups is 1. The van der Waals surface area contributed by atoms with Crippen LogP contribution in [0.5, 0.6) is 0 Å². The summed E-state index contributed by atoms with van der Waals surface area (Å²) in [6.45, 7) is -2.53. The number of nitrogens with one attached hydrogen (secondary N) is 1. The zero-order valence-electron chi connectivity index (χ0n) is 21.4. The van der Waals surface area contributed by atoms with Gasteiger partial charge in [0.15, 0.2) is 17.8 Å². The molecule has 2 atom stereocenters. The third-order valence-electron chi connectivity index (χ3n) is 5.95. The summed E-state index contributed by atoms with van der Waals surface area (Å²) in [5.74, 6) is -1.25. The molecule has 2 aromatic heterocycles. The van der Waals surface area contributed by atoms with Gasteiger partial charge in [-0.15, -0.1) is 10.2 Å². The zero-order valence-corrected chi connectivity index (χ0v) is 23.0. The topological polar surface area (TPSA) is 146 Å². The van der Waals surface area contributed by atoms with E-state index >= 15 is 0 Å². The van der Waals surface area contributed by atoms with Crippen molar-refractivity contribution in [1.82, 2.24) is 34.4 Å². The molecule has 0 aliphatic carbocycles.